The molecule has 78 valence electrons. The fourth-order valence-electron chi connectivity index (χ4n) is 1.39. The van der Waals surface area contributed by atoms with Gasteiger partial charge < -0.3 is 5.73 Å². The molecule has 5 heteroatoms. The van der Waals surface area contributed by atoms with Crippen molar-refractivity contribution in [1.82, 2.24) is 10.2 Å². The predicted octanol–water partition coefficient (Wildman–Crippen LogP) is 2.87. The average molecular weight is 270 g/mol. The van der Waals surface area contributed by atoms with E-state index in [1.54, 1.807) is 19.1 Å². The number of nitrogen functional groups attached to an aromatic ring is 1. The summed E-state index contributed by atoms with van der Waals surface area (Å²) in [6.07, 6.45) is 0. The van der Waals surface area contributed by atoms with Gasteiger partial charge >= 0.3 is 0 Å². The Hall–Kier alpha value is -1.36. The van der Waals surface area contributed by atoms with Crippen molar-refractivity contribution in [2.45, 2.75) is 6.92 Å². The molecule has 0 radical (unpaired) electrons. The van der Waals surface area contributed by atoms with Crippen molar-refractivity contribution in [1.29, 1.82) is 0 Å². The lowest BCUT2D eigenvalue weighted by Gasteiger charge is -2.04. The Labute approximate surface area is 94.6 Å². The molecule has 1 aromatic heterocycles. The minimum Gasteiger partial charge on any atom is -0.382 e. The smallest absolute Gasteiger partial charge is 0.148 e. The highest BCUT2D eigenvalue weighted by molar-refractivity contribution is 9.10. The normalized spacial score (nSPS) is 10.6. The number of nitrogens with one attached hydrogen (secondary N) is 1. The molecule has 0 fully saturated rings. The first-order chi connectivity index (χ1) is 7.11. The highest BCUT2D eigenvalue weighted by Gasteiger charge is 2.15. The molecule has 0 saturated carbocycles. The number of anilines is 1. The molecule has 1 aromatic carbocycles. The average Bonchev–Trinajstić information content (AvgIpc) is 2.49. The lowest BCUT2D eigenvalue weighted by Crippen LogP contribution is -1.89. The molecule has 3 N–H and O–H groups in total. The molecule has 0 aliphatic heterocycles. The molecule has 2 rings (SSSR count). The minimum atomic E-state index is -0.309. The Balaban J connectivity index is 2.69. The molecular formula is C10H9BrFN3. The van der Waals surface area contributed by atoms with Crippen LogP contribution in [0.3, 0.4) is 0 Å². The summed E-state index contributed by atoms with van der Waals surface area (Å²) in [6, 6.07) is 4.81. The molecule has 0 spiro atoms. The van der Waals surface area contributed by atoms with Crippen molar-refractivity contribution in [2.24, 2.45) is 0 Å². The van der Waals surface area contributed by atoms with Crippen molar-refractivity contribution < 1.29 is 4.39 Å². The van der Waals surface area contributed by atoms with E-state index in [1.165, 1.54) is 6.07 Å². The second-order valence-electron chi connectivity index (χ2n) is 3.21. The van der Waals surface area contributed by atoms with Gasteiger partial charge in [-0.1, -0.05) is 6.07 Å². The van der Waals surface area contributed by atoms with Gasteiger partial charge in [0, 0.05) is 15.6 Å². The van der Waals surface area contributed by atoms with Crippen LogP contribution in [0.25, 0.3) is 11.3 Å². The first kappa shape index (κ1) is 10.2. The number of hydrogen-bond acceptors (Lipinski definition) is 2. The van der Waals surface area contributed by atoms with Gasteiger partial charge in [0.15, 0.2) is 0 Å². The van der Waals surface area contributed by atoms with Gasteiger partial charge in [-0.3, -0.25) is 5.10 Å². The molecular weight excluding hydrogens is 261 g/mol. The zero-order valence-electron chi connectivity index (χ0n) is 8.01. The molecule has 3 nitrogen and oxygen atoms in total. The van der Waals surface area contributed by atoms with E-state index in [2.05, 4.69) is 26.1 Å². The molecule has 0 bridgehead atoms. The van der Waals surface area contributed by atoms with Gasteiger partial charge in [0.25, 0.3) is 0 Å². The maximum Gasteiger partial charge on any atom is 0.148 e. The molecule has 0 saturated heterocycles. The summed E-state index contributed by atoms with van der Waals surface area (Å²) < 4.78 is 14.3. The van der Waals surface area contributed by atoms with Crippen LogP contribution < -0.4 is 5.73 Å². The summed E-state index contributed by atoms with van der Waals surface area (Å²) in [5.74, 6) is 0.0799. The summed E-state index contributed by atoms with van der Waals surface area (Å²) in [5.41, 5.74) is 7.42. The van der Waals surface area contributed by atoms with Crippen LogP contribution in [0.15, 0.2) is 22.7 Å². The Morgan fingerprint density at radius 2 is 2.20 bits per heavy atom. The zero-order chi connectivity index (χ0) is 11.0. The quantitative estimate of drug-likeness (QED) is 0.837. The summed E-state index contributed by atoms with van der Waals surface area (Å²) in [6.45, 7) is 1.80. The van der Waals surface area contributed by atoms with E-state index in [4.69, 9.17) is 5.73 Å². The number of H-pyrrole nitrogens is 1. The number of benzene rings is 1. The molecule has 0 aliphatic carbocycles. The number of nitrogens with zero attached hydrogens (tertiary/aromatic N) is 1. The number of hydrogen-bond donors (Lipinski definition) is 2. The second-order valence-corrected chi connectivity index (χ2v) is 4.06. The molecule has 0 atom stereocenters. The summed E-state index contributed by atoms with van der Waals surface area (Å²) in [5, 5.41) is 6.57. The van der Waals surface area contributed by atoms with Crippen LogP contribution in [0.1, 0.15) is 5.56 Å². The van der Waals surface area contributed by atoms with Gasteiger partial charge in [-0.2, -0.15) is 5.10 Å². The zero-order valence-corrected chi connectivity index (χ0v) is 9.60. The third-order valence-electron chi connectivity index (χ3n) is 2.26. The fourth-order valence-corrected chi connectivity index (χ4v) is 1.93. The van der Waals surface area contributed by atoms with Crippen molar-refractivity contribution in [3.05, 3.63) is 34.1 Å². The Kier molecular flexibility index (Phi) is 2.48. The van der Waals surface area contributed by atoms with Crippen molar-refractivity contribution >= 4 is 21.7 Å². The standard InChI is InChI=1S/C10H9BrFN3/c1-5-9(14-15-10(5)13)8-6(11)3-2-4-7(8)12/h2-4H,1H3,(H3,13,14,15). The molecule has 0 aliphatic rings. The van der Waals surface area contributed by atoms with Crippen LogP contribution in [0.5, 0.6) is 0 Å². The first-order valence-corrected chi connectivity index (χ1v) is 5.15. The summed E-state index contributed by atoms with van der Waals surface area (Å²) in [7, 11) is 0. The van der Waals surface area contributed by atoms with Gasteiger partial charge in [-0.25, -0.2) is 4.39 Å². The van der Waals surface area contributed by atoms with Crippen LogP contribution in [0.2, 0.25) is 0 Å². The third-order valence-corrected chi connectivity index (χ3v) is 2.92. The van der Waals surface area contributed by atoms with Crippen LogP contribution in [0.4, 0.5) is 10.2 Å². The second kappa shape index (κ2) is 3.66. The van der Waals surface area contributed by atoms with Gasteiger partial charge in [0.2, 0.25) is 0 Å². The third kappa shape index (κ3) is 1.63. The minimum absolute atomic E-state index is 0.309. The van der Waals surface area contributed by atoms with E-state index >= 15 is 0 Å². The summed E-state index contributed by atoms with van der Waals surface area (Å²) in [4.78, 5) is 0. The number of halogens is 2. The van der Waals surface area contributed by atoms with Crippen LogP contribution in [0, 0.1) is 12.7 Å². The van der Waals surface area contributed by atoms with Gasteiger partial charge in [0.1, 0.15) is 11.6 Å². The Bertz CT molecular complexity index is 487. The monoisotopic (exact) mass is 269 g/mol. The molecule has 2 aromatic rings. The maximum absolute atomic E-state index is 13.6. The summed E-state index contributed by atoms with van der Waals surface area (Å²) >= 11 is 3.30. The lowest BCUT2D eigenvalue weighted by atomic mass is 10.1. The number of rotatable bonds is 1. The van der Waals surface area contributed by atoms with Gasteiger partial charge in [-0.15, -0.1) is 0 Å². The van der Waals surface area contributed by atoms with E-state index in [-0.39, 0.29) is 5.82 Å². The van der Waals surface area contributed by atoms with Crippen LogP contribution in [-0.4, -0.2) is 10.2 Å². The predicted molar refractivity (Wildman–Crippen MR) is 60.8 cm³/mol. The highest BCUT2D eigenvalue weighted by atomic mass is 79.9. The van der Waals surface area contributed by atoms with Crippen LogP contribution in [-0.2, 0) is 0 Å². The van der Waals surface area contributed by atoms with E-state index in [0.717, 1.165) is 5.56 Å². The van der Waals surface area contributed by atoms with Crippen molar-refractivity contribution in [3.8, 4) is 11.3 Å². The maximum atomic E-state index is 13.6. The SMILES string of the molecule is Cc1c(N)n[nH]c1-c1c(F)cccc1Br. The number of aromatic amines is 1. The topological polar surface area (TPSA) is 54.7 Å². The first-order valence-electron chi connectivity index (χ1n) is 4.36. The Morgan fingerprint density at radius 3 is 2.73 bits per heavy atom. The van der Waals surface area contributed by atoms with Crippen LogP contribution >= 0.6 is 15.9 Å². The van der Waals surface area contributed by atoms with Gasteiger partial charge in [-0.05, 0) is 35.0 Å². The molecule has 0 amide bonds. The van der Waals surface area contributed by atoms with E-state index in [9.17, 15) is 4.39 Å². The van der Waals surface area contributed by atoms with Crippen molar-refractivity contribution in [3.63, 3.8) is 0 Å². The number of aromatic nitrogens is 2. The highest BCUT2D eigenvalue weighted by Crippen LogP contribution is 2.32. The van der Waals surface area contributed by atoms with Gasteiger partial charge in [0.05, 0.1) is 5.69 Å². The molecule has 0 unspecified atom stereocenters. The lowest BCUT2D eigenvalue weighted by molar-refractivity contribution is 0.629. The largest absolute Gasteiger partial charge is 0.382 e. The van der Waals surface area contributed by atoms with Crippen molar-refractivity contribution in [2.75, 3.05) is 5.73 Å². The number of nitrogens with two attached hydrogens (primary N) is 1. The van der Waals surface area contributed by atoms with E-state index in [1.807, 2.05) is 0 Å². The Morgan fingerprint density at radius 1 is 1.47 bits per heavy atom. The fraction of sp³-hybridized carbons (Fsp3) is 0.100. The molecule has 15 heavy (non-hydrogen) atoms. The van der Waals surface area contributed by atoms with E-state index < -0.39 is 0 Å². The van der Waals surface area contributed by atoms with E-state index in [0.29, 0.717) is 21.5 Å². The molecule has 1 heterocycles.